The fraction of sp³-hybridized carbons (Fsp3) is 0.200. The summed E-state index contributed by atoms with van der Waals surface area (Å²) in [7, 11) is 1.93. The van der Waals surface area contributed by atoms with E-state index in [0.717, 1.165) is 5.69 Å². The van der Waals surface area contributed by atoms with Crippen LogP contribution in [-0.4, -0.2) is 25.7 Å². The van der Waals surface area contributed by atoms with Gasteiger partial charge in [-0.05, 0) is 24.6 Å². The molecule has 0 fully saturated rings. The molecule has 2 aromatic rings. The van der Waals surface area contributed by atoms with Crippen molar-refractivity contribution in [2.24, 2.45) is 7.05 Å². The van der Waals surface area contributed by atoms with E-state index in [-0.39, 0.29) is 17.1 Å². The van der Waals surface area contributed by atoms with Crippen LogP contribution in [0, 0.1) is 6.92 Å². The zero-order chi connectivity index (χ0) is 9.26. The summed E-state index contributed by atoms with van der Waals surface area (Å²) in [6.45, 7) is 2.01. The molecule has 6 nitrogen and oxygen atoms in total. The minimum Gasteiger partial charge on any atom is -0.412 e. The fourth-order valence-electron chi connectivity index (χ4n) is 1.41. The minimum atomic E-state index is 0. The first kappa shape index (κ1) is 16.7. The van der Waals surface area contributed by atoms with E-state index in [4.69, 9.17) is 0 Å². The number of pyridine rings is 1. The Hall–Kier alpha value is -1.76. The van der Waals surface area contributed by atoms with Gasteiger partial charge in [0.05, 0.1) is 5.69 Å². The minimum absolute atomic E-state index is 0. The molecule has 0 saturated heterocycles. The lowest BCUT2D eigenvalue weighted by atomic mass is 10.1. The van der Waals surface area contributed by atoms with Crippen LogP contribution < -0.4 is 6.15 Å². The molecule has 0 saturated carbocycles. The Labute approximate surface area is 94.1 Å². The molecule has 90 valence electrons. The van der Waals surface area contributed by atoms with Crippen molar-refractivity contribution in [2.45, 2.75) is 6.92 Å². The zero-order valence-corrected chi connectivity index (χ0v) is 9.44. The molecule has 6 heteroatoms. The number of rotatable bonds is 1. The highest BCUT2D eigenvalue weighted by Gasteiger charge is 2.04. The summed E-state index contributed by atoms with van der Waals surface area (Å²) in [4.78, 5) is 3.98. The molecule has 2 heterocycles. The van der Waals surface area contributed by atoms with Gasteiger partial charge >= 0.3 is 0 Å². The summed E-state index contributed by atoms with van der Waals surface area (Å²) in [5.74, 6) is 0. The quantitative estimate of drug-likeness (QED) is 0.750. The maximum atomic E-state index is 4.28. The molecule has 0 atom stereocenters. The van der Waals surface area contributed by atoms with E-state index in [9.17, 15) is 0 Å². The van der Waals surface area contributed by atoms with Gasteiger partial charge in [0.2, 0.25) is 0 Å². The van der Waals surface area contributed by atoms with Crippen LogP contribution in [0.2, 0.25) is 0 Å². The second-order valence-corrected chi connectivity index (χ2v) is 3.04. The molecule has 0 aromatic carbocycles. The molecule has 0 spiro atoms. The van der Waals surface area contributed by atoms with Crippen LogP contribution in [0.25, 0.3) is 11.1 Å². The van der Waals surface area contributed by atoms with Crippen LogP contribution in [0.15, 0.2) is 30.7 Å². The van der Waals surface area contributed by atoms with Gasteiger partial charge in [-0.2, -0.15) is 5.10 Å². The van der Waals surface area contributed by atoms with Gasteiger partial charge in [0, 0.05) is 31.2 Å². The van der Waals surface area contributed by atoms with E-state index >= 15 is 0 Å². The molecular weight excluding hydrogens is 208 g/mol. The monoisotopic (exact) mass is 226 g/mol. The highest BCUT2D eigenvalue weighted by molar-refractivity contribution is 5.64. The van der Waals surface area contributed by atoms with Crippen LogP contribution in [0.3, 0.4) is 0 Å². The Balaban J connectivity index is 0. The van der Waals surface area contributed by atoms with Crippen molar-refractivity contribution in [3.05, 3.63) is 36.4 Å². The van der Waals surface area contributed by atoms with E-state index in [0.29, 0.717) is 0 Å². The zero-order valence-electron chi connectivity index (χ0n) is 9.44. The second kappa shape index (κ2) is 6.67. The lowest BCUT2D eigenvalue weighted by Gasteiger charge is -1.95. The van der Waals surface area contributed by atoms with Gasteiger partial charge < -0.3 is 17.1 Å². The highest BCUT2D eigenvalue weighted by atomic mass is 16.0. The van der Waals surface area contributed by atoms with E-state index in [1.54, 1.807) is 12.4 Å². The third kappa shape index (κ3) is 3.13. The van der Waals surface area contributed by atoms with Crippen molar-refractivity contribution < 1.29 is 11.0 Å². The molecule has 7 N–H and O–H groups in total. The molecular formula is C10H18N4O2. The van der Waals surface area contributed by atoms with E-state index < -0.39 is 0 Å². The molecule has 0 unspecified atom stereocenters. The standard InChI is InChI=1S/C10H11N3.H3N.2H2O/c1-8-10(7-13(2)12-8)9-3-5-11-6-4-9;;;/h3-7H,1-2H3;1H3;2*1H2. The molecule has 2 rings (SSSR count). The van der Waals surface area contributed by atoms with Gasteiger partial charge in [-0.15, -0.1) is 0 Å². The largest absolute Gasteiger partial charge is 0.412 e. The van der Waals surface area contributed by atoms with Crippen molar-refractivity contribution >= 4 is 0 Å². The lowest BCUT2D eigenvalue weighted by Crippen LogP contribution is -1.86. The van der Waals surface area contributed by atoms with E-state index in [1.807, 2.05) is 37.0 Å². The van der Waals surface area contributed by atoms with Crippen LogP contribution in [0.1, 0.15) is 5.69 Å². The third-order valence-corrected chi connectivity index (χ3v) is 2.00. The summed E-state index contributed by atoms with van der Waals surface area (Å²) in [5.41, 5.74) is 3.39. The normalized spacial score (nSPS) is 8.38. The van der Waals surface area contributed by atoms with Crippen molar-refractivity contribution in [1.29, 1.82) is 0 Å². The lowest BCUT2D eigenvalue weighted by molar-refractivity contribution is 0.756. The smallest absolute Gasteiger partial charge is 0.0671 e. The Morgan fingerprint density at radius 1 is 1.12 bits per heavy atom. The fourth-order valence-corrected chi connectivity index (χ4v) is 1.41. The third-order valence-electron chi connectivity index (χ3n) is 2.00. The number of hydrogen-bond donors (Lipinski definition) is 1. The molecule has 0 bridgehead atoms. The highest BCUT2D eigenvalue weighted by Crippen LogP contribution is 2.20. The predicted molar refractivity (Wildman–Crippen MR) is 63.4 cm³/mol. The van der Waals surface area contributed by atoms with Gasteiger partial charge in [0.15, 0.2) is 0 Å². The molecule has 0 amide bonds. The Morgan fingerprint density at radius 2 is 1.69 bits per heavy atom. The summed E-state index contributed by atoms with van der Waals surface area (Å²) in [6.07, 6.45) is 5.61. The van der Waals surface area contributed by atoms with Gasteiger partial charge in [0.25, 0.3) is 0 Å². The van der Waals surface area contributed by atoms with Crippen molar-refractivity contribution in [2.75, 3.05) is 0 Å². The second-order valence-electron chi connectivity index (χ2n) is 3.04. The molecule has 0 aliphatic carbocycles. The molecule has 0 aliphatic heterocycles. The van der Waals surface area contributed by atoms with E-state index in [2.05, 4.69) is 10.1 Å². The van der Waals surface area contributed by atoms with Crippen molar-refractivity contribution in [3.8, 4) is 11.1 Å². The first-order valence-corrected chi connectivity index (χ1v) is 4.18. The van der Waals surface area contributed by atoms with E-state index in [1.165, 1.54) is 11.1 Å². The summed E-state index contributed by atoms with van der Waals surface area (Å²) in [6, 6.07) is 3.98. The Bertz CT molecular complexity index is 414. The average molecular weight is 226 g/mol. The first-order chi connectivity index (χ1) is 6.27. The maximum absolute atomic E-state index is 4.28. The van der Waals surface area contributed by atoms with Crippen LogP contribution in [0.4, 0.5) is 0 Å². The van der Waals surface area contributed by atoms with Crippen molar-refractivity contribution in [1.82, 2.24) is 20.9 Å². The molecule has 0 aliphatic rings. The number of aromatic nitrogens is 3. The topological polar surface area (TPSA) is 129 Å². The van der Waals surface area contributed by atoms with Crippen LogP contribution in [0.5, 0.6) is 0 Å². The predicted octanol–water partition coefficient (Wildman–Crippen LogP) is 0.303. The van der Waals surface area contributed by atoms with Crippen molar-refractivity contribution in [3.63, 3.8) is 0 Å². The van der Waals surface area contributed by atoms with Gasteiger partial charge in [-0.3, -0.25) is 9.67 Å². The van der Waals surface area contributed by atoms with Gasteiger partial charge in [0.1, 0.15) is 0 Å². The molecule has 0 radical (unpaired) electrons. The Kier molecular flexibility index (Phi) is 6.95. The summed E-state index contributed by atoms with van der Waals surface area (Å²) >= 11 is 0. The van der Waals surface area contributed by atoms with Crippen LogP contribution >= 0.6 is 0 Å². The number of aryl methyl sites for hydroxylation is 2. The van der Waals surface area contributed by atoms with Gasteiger partial charge in [-0.1, -0.05) is 0 Å². The maximum Gasteiger partial charge on any atom is 0.0671 e. The molecule has 2 aromatic heterocycles. The SMILES string of the molecule is Cc1nn(C)cc1-c1ccncc1.N.O.O. The van der Waals surface area contributed by atoms with Gasteiger partial charge in [-0.25, -0.2) is 0 Å². The van der Waals surface area contributed by atoms with Crippen LogP contribution in [-0.2, 0) is 7.05 Å². The first-order valence-electron chi connectivity index (χ1n) is 4.18. The average Bonchev–Trinajstić information content (AvgIpc) is 2.47. The summed E-state index contributed by atoms with van der Waals surface area (Å²) in [5, 5.41) is 4.28. The molecule has 16 heavy (non-hydrogen) atoms. The number of nitrogens with zero attached hydrogens (tertiary/aromatic N) is 3. The summed E-state index contributed by atoms with van der Waals surface area (Å²) < 4.78 is 1.82. The Morgan fingerprint density at radius 3 is 2.12 bits per heavy atom. The number of hydrogen-bond acceptors (Lipinski definition) is 3.